The summed E-state index contributed by atoms with van der Waals surface area (Å²) in [4.78, 5) is 79.4. The van der Waals surface area contributed by atoms with Gasteiger partial charge in [-0.3, -0.25) is 24.0 Å². The normalized spacial score (nSPS) is 14.4. The third-order valence-corrected chi connectivity index (χ3v) is 10.3. The molecule has 4 amide bonds. The number of amides is 4. The van der Waals surface area contributed by atoms with Gasteiger partial charge in [0, 0.05) is 6.92 Å². The molecule has 0 aliphatic heterocycles. The molecule has 0 radical (unpaired) electrons. The lowest BCUT2D eigenvalue weighted by Crippen LogP contribution is -2.61. The van der Waals surface area contributed by atoms with E-state index in [-0.39, 0.29) is 18.9 Å². The first-order valence-corrected chi connectivity index (χ1v) is 21.4. The molecule has 4 aromatic carbocycles. The highest BCUT2D eigenvalue weighted by Gasteiger charge is 2.39. The second-order valence-electron chi connectivity index (χ2n) is 16.3. The third-order valence-electron chi connectivity index (χ3n) is 10.3. The van der Waals surface area contributed by atoms with Gasteiger partial charge in [0.2, 0.25) is 11.8 Å². The monoisotopic (exact) mass is 896 g/mol. The summed E-state index contributed by atoms with van der Waals surface area (Å²) in [5, 5.41) is 44.0. The Morgan fingerprint density at radius 3 is 1.62 bits per heavy atom. The largest absolute Gasteiger partial charge is 0.464 e. The van der Waals surface area contributed by atoms with Crippen molar-refractivity contribution < 1.29 is 58.3 Å². The Balaban J connectivity index is 1.47. The predicted octanol–water partition coefficient (Wildman–Crippen LogP) is 4.18. The van der Waals surface area contributed by atoms with E-state index in [1.807, 2.05) is 66.7 Å². The van der Waals surface area contributed by atoms with Crippen LogP contribution >= 0.6 is 0 Å². The minimum absolute atomic E-state index is 0.0429. The van der Waals surface area contributed by atoms with E-state index in [1.165, 1.54) is 0 Å². The molecule has 348 valence electrons. The lowest BCUT2D eigenvalue weighted by molar-refractivity contribution is -0.152. The molecule has 0 saturated carbocycles. The van der Waals surface area contributed by atoms with Crippen molar-refractivity contribution in [2.24, 2.45) is 11.8 Å². The van der Waals surface area contributed by atoms with Crippen LogP contribution in [0.15, 0.2) is 121 Å². The Labute approximate surface area is 379 Å². The molecule has 0 bridgehead atoms. The molecule has 65 heavy (non-hydrogen) atoms. The Morgan fingerprint density at radius 2 is 1.11 bits per heavy atom. The molecular formula is C49H60N4O12. The first-order valence-electron chi connectivity index (χ1n) is 21.4. The molecule has 4 aromatic rings. The number of alkyl carbamates (subject to hydrolysis) is 1. The topological polar surface area (TPSA) is 239 Å². The van der Waals surface area contributed by atoms with Crippen LogP contribution in [0.1, 0.15) is 81.9 Å². The maximum absolute atomic E-state index is 13.9. The van der Waals surface area contributed by atoms with Gasteiger partial charge < -0.3 is 50.8 Å². The molecule has 0 fully saturated rings. The number of aliphatic hydroxyl groups is 3. The van der Waals surface area contributed by atoms with Crippen molar-refractivity contribution in [3.63, 3.8) is 0 Å². The van der Waals surface area contributed by atoms with E-state index in [9.17, 15) is 44.1 Å². The molecule has 0 heterocycles. The number of benzene rings is 4. The Hall–Kier alpha value is -6.62. The van der Waals surface area contributed by atoms with Crippen LogP contribution in [0.5, 0.6) is 0 Å². The van der Waals surface area contributed by atoms with E-state index >= 15 is 0 Å². The van der Waals surface area contributed by atoms with Crippen LogP contribution in [0.2, 0.25) is 0 Å². The number of ether oxygens (including phenoxy) is 3. The molecule has 7 atom stereocenters. The number of esters is 2. The smallest absolute Gasteiger partial charge is 0.408 e. The van der Waals surface area contributed by atoms with Crippen molar-refractivity contribution in [3.05, 3.63) is 144 Å². The standard InChI is InChI=1S/C49H60N4O12/c1-30(2)26-38(51-47(60)41(31(3)4)53-49(62)64-28-33-18-10-6-11-19-33)46(59)52-39(29-63-32(5)54)42(56)43(57)44(58)48(61)50-37(34-20-12-7-13-21-34)27-40(55)65-45(35-22-14-8-15-23-35)36-24-16-9-17-25-36/h6-25,30-31,37-39,41-45,56-58H,26-29H2,1-5H3,(H,50,61)(H,51,60)(H,52,59)(H,53,62)/t37-,38-,39+,41-,42+,43+,44-/m0/s1. The molecule has 16 heteroatoms. The molecule has 4 rings (SSSR count). The van der Waals surface area contributed by atoms with Crippen LogP contribution in [0.25, 0.3) is 0 Å². The number of nitrogens with one attached hydrogen (secondary N) is 4. The lowest BCUT2D eigenvalue weighted by atomic mass is 9.97. The highest BCUT2D eigenvalue weighted by Crippen LogP contribution is 2.28. The van der Waals surface area contributed by atoms with Crippen molar-refractivity contribution in [2.45, 2.75) is 103 Å². The number of aliphatic hydroxyl groups excluding tert-OH is 3. The zero-order valence-electron chi connectivity index (χ0n) is 37.2. The maximum atomic E-state index is 13.9. The van der Waals surface area contributed by atoms with Crippen LogP contribution in [0.4, 0.5) is 4.79 Å². The zero-order chi connectivity index (χ0) is 47.5. The SMILES string of the molecule is CC(=O)OC[C@@H](NC(=O)[C@H](CC(C)C)NC(=O)[C@@H](NC(=O)OCc1ccccc1)C(C)C)[C@@H](O)[C@@H](O)[C@H](O)C(=O)N[C@@H](CC(=O)OC(c1ccccc1)c1ccccc1)c1ccccc1. The highest BCUT2D eigenvalue weighted by molar-refractivity contribution is 5.91. The van der Waals surface area contributed by atoms with Gasteiger partial charge in [0.25, 0.3) is 5.91 Å². The van der Waals surface area contributed by atoms with E-state index in [0.29, 0.717) is 16.7 Å². The van der Waals surface area contributed by atoms with Gasteiger partial charge in [-0.2, -0.15) is 0 Å². The summed E-state index contributed by atoms with van der Waals surface area (Å²) >= 11 is 0. The second kappa shape index (κ2) is 25.6. The molecule has 0 aliphatic carbocycles. The number of hydrogen-bond acceptors (Lipinski definition) is 12. The third kappa shape index (κ3) is 16.5. The fourth-order valence-corrected chi connectivity index (χ4v) is 6.81. The Bertz CT molecular complexity index is 2090. The van der Waals surface area contributed by atoms with Crippen molar-refractivity contribution in [2.75, 3.05) is 6.61 Å². The second-order valence-corrected chi connectivity index (χ2v) is 16.3. The van der Waals surface area contributed by atoms with Gasteiger partial charge in [-0.05, 0) is 40.5 Å². The van der Waals surface area contributed by atoms with Crippen molar-refractivity contribution in [1.82, 2.24) is 21.3 Å². The van der Waals surface area contributed by atoms with Crippen LogP contribution in [-0.4, -0.2) is 94.1 Å². The molecule has 0 saturated heterocycles. The summed E-state index contributed by atoms with van der Waals surface area (Å²) in [6, 6.07) is 30.4. The Kier molecular flexibility index (Phi) is 20.1. The maximum Gasteiger partial charge on any atom is 0.408 e. The van der Waals surface area contributed by atoms with E-state index in [0.717, 1.165) is 12.5 Å². The molecule has 0 spiro atoms. The van der Waals surface area contributed by atoms with Crippen molar-refractivity contribution in [1.29, 1.82) is 0 Å². The zero-order valence-corrected chi connectivity index (χ0v) is 37.2. The van der Waals surface area contributed by atoms with Gasteiger partial charge in [-0.25, -0.2) is 4.79 Å². The van der Waals surface area contributed by atoms with Gasteiger partial charge in [0.15, 0.2) is 12.2 Å². The van der Waals surface area contributed by atoms with Crippen LogP contribution in [-0.2, 0) is 44.8 Å². The molecular weight excluding hydrogens is 837 g/mol. The van der Waals surface area contributed by atoms with Gasteiger partial charge in [-0.15, -0.1) is 0 Å². The summed E-state index contributed by atoms with van der Waals surface area (Å²) in [6.07, 6.45) is -8.70. The first kappa shape index (κ1) is 51.0. The predicted molar refractivity (Wildman–Crippen MR) is 239 cm³/mol. The summed E-state index contributed by atoms with van der Waals surface area (Å²) < 4.78 is 16.4. The molecule has 0 unspecified atom stereocenters. The number of rotatable bonds is 23. The van der Waals surface area contributed by atoms with Gasteiger partial charge >= 0.3 is 18.0 Å². The summed E-state index contributed by atoms with van der Waals surface area (Å²) in [5.41, 5.74) is 2.62. The van der Waals surface area contributed by atoms with Crippen LogP contribution in [0.3, 0.4) is 0 Å². The van der Waals surface area contributed by atoms with Crippen LogP contribution < -0.4 is 21.3 Å². The van der Waals surface area contributed by atoms with E-state index < -0.39 is 103 Å². The number of hydrogen-bond donors (Lipinski definition) is 7. The number of carbonyl (C=O) groups excluding carboxylic acids is 6. The summed E-state index contributed by atoms with van der Waals surface area (Å²) in [5.74, 6) is -4.88. The fourth-order valence-electron chi connectivity index (χ4n) is 6.81. The van der Waals surface area contributed by atoms with Crippen molar-refractivity contribution in [3.8, 4) is 0 Å². The Morgan fingerprint density at radius 1 is 0.585 bits per heavy atom. The highest BCUT2D eigenvalue weighted by atomic mass is 16.6. The van der Waals surface area contributed by atoms with Gasteiger partial charge in [0.1, 0.15) is 37.5 Å². The summed E-state index contributed by atoms with van der Waals surface area (Å²) in [7, 11) is 0. The molecule has 7 N–H and O–H groups in total. The minimum Gasteiger partial charge on any atom is -0.464 e. The van der Waals surface area contributed by atoms with Gasteiger partial charge in [0.05, 0.1) is 18.5 Å². The van der Waals surface area contributed by atoms with E-state index in [2.05, 4.69) is 21.3 Å². The quantitative estimate of drug-likeness (QED) is 0.0410. The van der Waals surface area contributed by atoms with E-state index in [4.69, 9.17) is 14.2 Å². The average Bonchev–Trinajstić information content (AvgIpc) is 3.30. The summed E-state index contributed by atoms with van der Waals surface area (Å²) in [6.45, 7) is 7.29. The minimum atomic E-state index is -2.34. The van der Waals surface area contributed by atoms with E-state index in [1.54, 1.807) is 82.3 Å². The first-order chi connectivity index (χ1) is 31.0. The van der Waals surface area contributed by atoms with Gasteiger partial charge in [-0.1, -0.05) is 149 Å². The molecule has 0 aliphatic rings. The van der Waals surface area contributed by atoms with Crippen molar-refractivity contribution >= 4 is 35.8 Å². The fraction of sp³-hybridized carbons (Fsp3) is 0.388. The lowest BCUT2D eigenvalue weighted by Gasteiger charge is -2.32. The average molecular weight is 897 g/mol. The van der Waals surface area contributed by atoms with Crippen LogP contribution in [0, 0.1) is 11.8 Å². The molecule has 16 nitrogen and oxygen atoms in total. The number of carbonyl (C=O) groups is 6. The molecule has 0 aromatic heterocycles.